The molecule has 0 saturated heterocycles. The maximum atomic E-state index is 9.56. The van der Waals surface area contributed by atoms with Crippen molar-refractivity contribution in [3.8, 4) is 23.8 Å². The molecule has 0 amide bonds. The number of terminal acetylenes is 1. The highest BCUT2D eigenvalue weighted by atomic mass is 16.5. The van der Waals surface area contributed by atoms with E-state index in [1.807, 2.05) is 60.7 Å². The molecule has 0 aliphatic carbocycles. The minimum Gasteiger partial charge on any atom is -0.457 e. The lowest BCUT2D eigenvalue weighted by Crippen LogP contribution is -2.03. The van der Waals surface area contributed by atoms with Crippen molar-refractivity contribution < 1.29 is 9.84 Å². The highest BCUT2D eigenvalue weighted by Gasteiger charge is 2.02. The van der Waals surface area contributed by atoms with Gasteiger partial charge in [-0.1, -0.05) is 42.3 Å². The first-order chi connectivity index (χ1) is 9.69. The Bertz CT molecular complexity index is 636. The summed E-state index contributed by atoms with van der Waals surface area (Å²) in [6.45, 7) is 1.80. The molecule has 20 heavy (non-hydrogen) atoms. The fraction of sp³-hybridized carbons (Fsp3) is 0.111. The van der Waals surface area contributed by atoms with E-state index >= 15 is 0 Å². The Morgan fingerprint density at radius 1 is 1.15 bits per heavy atom. The number of hydrogen-bond donors (Lipinski definition) is 1. The van der Waals surface area contributed by atoms with Gasteiger partial charge < -0.3 is 9.84 Å². The highest BCUT2D eigenvalue weighted by molar-refractivity contribution is 5.56. The largest absolute Gasteiger partial charge is 0.457 e. The van der Waals surface area contributed by atoms with Gasteiger partial charge in [0.05, 0.1) is 0 Å². The first kappa shape index (κ1) is 13.9. The van der Waals surface area contributed by atoms with Gasteiger partial charge in [0.1, 0.15) is 17.6 Å². The summed E-state index contributed by atoms with van der Waals surface area (Å²) in [4.78, 5) is 0. The van der Waals surface area contributed by atoms with Crippen LogP contribution in [0.1, 0.15) is 12.5 Å². The van der Waals surface area contributed by atoms with E-state index in [0.29, 0.717) is 0 Å². The first-order valence-corrected chi connectivity index (χ1v) is 6.34. The summed E-state index contributed by atoms with van der Waals surface area (Å²) in [6.07, 6.45) is 6.19. The van der Waals surface area contributed by atoms with Crippen molar-refractivity contribution in [3.05, 3.63) is 65.7 Å². The first-order valence-electron chi connectivity index (χ1n) is 6.34. The Labute approximate surface area is 119 Å². The van der Waals surface area contributed by atoms with Crippen molar-refractivity contribution in [3.63, 3.8) is 0 Å². The Balaban J connectivity index is 2.19. The average molecular weight is 264 g/mol. The molecule has 0 bridgehead atoms. The molecule has 0 radical (unpaired) electrons. The lowest BCUT2D eigenvalue weighted by atomic mass is 10.1. The van der Waals surface area contributed by atoms with Crippen LogP contribution in [0.25, 0.3) is 6.08 Å². The lowest BCUT2D eigenvalue weighted by Gasteiger charge is -2.07. The quantitative estimate of drug-likeness (QED) is 0.849. The second kappa shape index (κ2) is 6.60. The molecule has 0 spiro atoms. The summed E-state index contributed by atoms with van der Waals surface area (Å²) in [5, 5.41) is 9.56. The summed E-state index contributed by atoms with van der Waals surface area (Å²) < 4.78 is 5.76. The molecular weight excluding hydrogens is 248 g/mol. The maximum Gasteiger partial charge on any atom is 0.136 e. The van der Waals surface area contributed by atoms with Gasteiger partial charge >= 0.3 is 0 Å². The SMILES string of the molecule is C#C[C@@H](O)/C(C)=C/c1cccc(Oc2ccccc2)c1. The molecule has 2 heteroatoms. The third-order valence-corrected chi connectivity index (χ3v) is 2.82. The molecule has 0 aromatic heterocycles. The van der Waals surface area contributed by atoms with Crippen LogP contribution in [0.15, 0.2) is 60.2 Å². The summed E-state index contributed by atoms with van der Waals surface area (Å²) >= 11 is 0. The van der Waals surface area contributed by atoms with Gasteiger partial charge in [-0.25, -0.2) is 0 Å². The Hall–Kier alpha value is -2.50. The molecule has 0 heterocycles. The van der Waals surface area contributed by atoms with E-state index in [1.165, 1.54) is 0 Å². The molecule has 1 atom stereocenters. The Morgan fingerprint density at radius 3 is 2.55 bits per heavy atom. The lowest BCUT2D eigenvalue weighted by molar-refractivity contribution is 0.269. The van der Waals surface area contributed by atoms with Gasteiger partial charge in [0.15, 0.2) is 0 Å². The molecule has 0 aliphatic rings. The van der Waals surface area contributed by atoms with Crippen molar-refractivity contribution in [2.75, 3.05) is 0 Å². The van der Waals surface area contributed by atoms with Crippen LogP contribution in [0.3, 0.4) is 0 Å². The summed E-state index contributed by atoms with van der Waals surface area (Å²) in [5.74, 6) is 3.82. The van der Waals surface area contributed by atoms with Gasteiger partial charge in [0, 0.05) is 0 Å². The minimum absolute atomic E-state index is 0.726. The zero-order valence-corrected chi connectivity index (χ0v) is 11.3. The molecular formula is C18H16O2. The summed E-state index contributed by atoms with van der Waals surface area (Å²) in [7, 11) is 0. The molecule has 2 aromatic rings. The molecule has 2 aromatic carbocycles. The van der Waals surface area contributed by atoms with E-state index in [2.05, 4.69) is 5.92 Å². The normalized spacial score (nSPS) is 12.6. The number of rotatable bonds is 4. The molecule has 2 rings (SSSR count). The van der Waals surface area contributed by atoms with Crippen molar-refractivity contribution in [2.45, 2.75) is 13.0 Å². The molecule has 100 valence electrons. The second-order valence-electron chi connectivity index (χ2n) is 4.45. The zero-order valence-electron chi connectivity index (χ0n) is 11.3. The summed E-state index contributed by atoms with van der Waals surface area (Å²) in [5.41, 5.74) is 1.66. The van der Waals surface area contributed by atoms with Crippen molar-refractivity contribution in [2.24, 2.45) is 0 Å². The highest BCUT2D eigenvalue weighted by Crippen LogP contribution is 2.23. The van der Waals surface area contributed by atoms with Crippen molar-refractivity contribution >= 4 is 6.08 Å². The number of aliphatic hydroxyl groups excluding tert-OH is 1. The number of ether oxygens (including phenoxy) is 1. The van der Waals surface area contributed by atoms with E-state index in [9.17, 15) is 5.11 Å². The van der Waals surface area contributed by atoms with Crippen LogP contribution in [0.4, 0.5) is 0 Å². The van der Waals surface area contributed by atoms with E-state index in [0.717, 1.165) is 22.6 Å². The monoisotopic (exact) mass is 264 g/mol. The van der Waals surface area contributed by atoms with Crippen LogP contribution in [0.2, 0.25) is 0 Å². The van der Waals surface area contributed by atoms with Gasteiger partial charge in [0.2, 0.25) is 0 Å². The zero-order chi connectivity index (χ0) is 14.4. The van der Waals surface area contributed by atoms with Crippen LogP contribution in [-0.2, 0) is 0 Å². The number of para-hydroxylation sites is 1. The van der Waals surface area contributed by atoms with Gasteiger partial charge in [-0.3, -0.25) is 0 Å². The molecule has 0 aliphatic heterocycles. The van der Waals surface area contributed by atoms with Crippen molar-refractivity contribution in [1.29, 1.82) is 0 Å². The van der Waals surface area contributed by atoms with Crippen LogP contribution < -0.4 is 4.74 Å². The van der Waals surface area contributed by atoms with E-state index in [1.54, 1.807) is 6.92 Å². The fourth-order valence-electron chi connectivity index (χ4n) is 1.77. The molecule has 0 unspecified atom stereocenters. The van der Waals surface area contributed by atoms with Gasteiger partial charge in [-0.05, 0) is 42.3 Å². The van der Waals surface area contributed by atoms with Crippen LogP contribution >= 0.6 is 0 Å². The van der Waals surface area contributed by atoms with Crippen molar-refractivity contribution in [1.82, 2.24) is 0 Å². The molecule has 0 saturated carbocycles. The van der Waals surface area contributed by atoms with E-state index in [4.69, 9.17) is 11.2 Å². The van der Waals surface area contributed by atoms with E-state index in [-0.39, 0.29) is 0 Å². The van der Waals surface area contributed by atoms with Crippen LogP contribution in [-0.4, -0.2) is 11.2 Å². The average Bonchev–Trinajstić information content (AvgIpc) is 2.47. The number of hydrogen-bond acceptors (Lipinski definition) is 2. The smallest absolute Gasteiger partial charge is 0.136 e. The van der Waals surface area contributed by atoms with Gasteiger partial charge in [0.25, 0.3) is 0 Å². The van der Waals surface area contributed by atoms with Gasteiger partial charge in [-0.15, -0.1) is 6.42 Å². The molecule has 2 nitrogen and oxygen atoms in total. The predicted molar refractivity (Wildman–Crippen MR) is 81.4 cm³/mol. The second-order valence-corrected chi connectivity index (χ2v) is 4.45. The van der Waals surface area contributed by atoms with Crippen LogP contribution in [0, 0.1) is 12.3 Å². The predicted octanol–water partition coefficient (Wildman–Crippen LogP) is 3.88. The third-order valence-electron chi connectivity index (χ3n) is 2.82. The topological polar surface area (TPSA) is 29.5 Å². The number of aliphatic hydroxyl groups is 1. The number of benzene rings is 2. The molecule has 0 fully saturated rings. The van der Waals surface area contributed by atoms with Crippen LogP contribution in [0.5, 0.6) is 11.5 Å². The minimum atomic E-state index is -0.853. The Morgan fingerprint density at radius 2 is 1.85 bits per heavy atom. The third kappa shape index (κ3) is 3.74. The fourth-order valence-corrected chi connectivity index (χ4v) is 1.77. The maximum absolute atomic E-state index is 9.56. The molecule has 1 N–H and O–H groups in total. The standard InChI is InChI=1S/C18H16O2/c1-3-18(19)14(2)12-15-8-7-11-17(13-15)20-16-9-5-4-6-10-16/h1,4-13,18-19H,2H3/b14-12+/t18-/m1/s1. The van der Waals surface area contributed by atoms with Gasteiger partial charge in [-0.2, -0.15) is 0 Å². The summed E-state index contributed by atoms with van der Waals surface area (Å²) in [6, 6.07) is 17.2. The Kier molecular flexibility index (Phi) is 4.60. The van der Waals surface area contributed by atoms with E-state index < -0.39 is 6.10 Å².